The largest absolute Gasteiger partial charge is 0.260 e. The molecular formula is C16H17NS. The van der Waals surface area contributed by atoms with Gasteiger partial charge in [0, 0.05) is 21.7 Å². The fourth-order valence-corrected chi connectivity index (χ4v) is 3.68. The monoisotopic (exact) mass is 255 g/mol. The van der Waals surface area contributed by atoms with Gasteiger partial charge in [0.1, 0.15) is 0 Å². The molecule has 0 aliphatic rings. The van der Waals surface area contributed by atoms with E-state index in [-0.39, 0.29) is 5.41 Å². The molecule has 0 unspecified atom stereocenters. The van der Waals surface area contributed by atoms with Gasteiger partial charge in [-0.3, -0.25) is 4.98 Å². The summed E-state index contributed by atoms with van der Waals surface area (Å²) in [6.07, 6.45) is 1.92. The van der Waals surface area contributed by atoms with Crippen molar-refractivity contribution in [3.8, 4) is 0 Å². The summed E-state index contributed by atoms with van der Waals surface area (Å²) in [7, 11) is 0. The predicted octanol–water partition coefficient (Wildman–Crippen LogP) is 5.06. The average Bonchev–Trinajstić information content (AvgIpc) is 2.68. The van der Waals surface area contributed by atoms with Crippen molar-refractivity contribution in [2.45, 2.75) is 33.1 Å². The van der Waals surface area contributed by atoms with Gasteiger partial charge < -0.3 is 0 Å². The quantitative estimate of drug-likeness (QED) is 0.547. The van der Waals surface area contributed by atoms with Crippen molar-refractivity contribution in [1.29, 1.82) is 0 Å². The van der Waals surface area contributed by atoms with Crippen molar-refractivity contribution in [3.63, 3.8) is 0 Å². The molecule has 1 aromatic carbocycles. The van der Waals surface area contributed by atoms with Gasteiger partial charge in [0.25, 0.3) is 0 Å². The molecule has 0 fully saturated rings. The van der Waals surface area contributed by atoms with Gasteiger partial charge in [-0.25, -0.2) is 0 Å². The summed E-state index contributed by atoms with van der Waals surface area (Å²) in [6, 6.07) is 8.79. The highest BCUT2D eigenvalue weighted by Gasteiger charge is 2.19. The third-order valence-electron chi connectivity index (χ3n) is 3.40. The molecular weight excluding hydrogens is 238 g/mol. The molecule has 0 amide bonds. The molecule has 0 saturated heterocycles. The van der Waals surface area contributed by atoms with Crippen LogP contribution < -0.4 is 0 Å². The second-order valence-electron chi connectivity index (χ2n) is 5.80. The summed E-state index contributed by atoms with van der Waals surface area (Å²) < 4.78 is 2.69. The van der Waals surface area contributed by atoms with Crippen LogP contribution in [0.1, 0.15) is 32.0 Å². The van der Waals surface area contributed by atoms with E-state index in [2.05, 4.69) is 56.9 Å². The molecule has 0 spiro atoms. The van der Waals surface area contributed by atoms with Gasteiger partial charge in [0.05, 0.1) is 10.4 Å². The van der Waals surface area contributed by atoms with E-state index in [1.807, 2.05) is 17.5 Å². The summed E-state index contributed by atoms with van der Waals surface area (Å²) in [4.78, 5) is 4.40. The Labute approximate surface area is 111 Å². The Hall–Kier alpha value is -1.41. The fraction of sp³-hybridized carbons (Fsp3) is 0.312. The van der Waals surface area contributed by atoms with Crippen LogP contribution in [0.4, 0.5) is 0 Å². The van der Waals surface area contributed by atoms with Crippen LogP contribution >= 0.6 is 11.3 Å². The third-order valence-corrected chi connectivity index (χ3v) is 4.68. The zero-order chi connectivity index (χ0) is 12.9. The highest BCUT2D eigenvalue weighted by molar-refractivity contribution is 7.26. The van der Waals surface area contributed by atoms with Gasteiger partial charge in [-0.2, -0.15) is 0 Å². The van der Waals surface area contributed by atoms with Crippen molar-refractivity contribution in [1.82, 2.24) is 4.98 Å². The lowest BCUT2D eigenvalue weighted by molar-refractivity contribution is 0.596. The number of benzene rings is 1. The summed E-state index contributed by atoms with van der Waals surface area (Å²) in [6.45, 7) is 8.92. The SMILES string of the molecule is Cc1nccc2c1sc1cccc(C(C)(C)C)c12. The number of thiophene rings is 1. The van der Waals surface area contributed by atoms with E-state index in [0.717, 1.165) is 5.69 Å². The minimum Gasteiger partial charge on any atom is -0.260 e. The van der Waals surface area contributed by atoms with Crippen molar-refractivity contribution in [2.24, 2.45) is 0 Å². The molecule has 0 N–H and O–H groups in total. The van der Waals surface area contributed by atoms with Gasteiger partial charge in [-0.1, -0.05) is 32.9 Å². The number of aromatic nitrogens is 1. The molecule has 92 valence electrons. The van der Waals surface area contributed by atoms with Gasteiger partial charge in [-0.05, 0) is 30.0 Å². The molecule has 0 aliphatic carbocycles. The minimum atomic E-state index is 0.171. The molecule has 3 rings (SSSR count). The maximum absolute atomic E-state index is 4.40. The summed E-state index contributed by atoms with van der Waals surface area (Å²) >= 11 is 1.86. The highest BCUT2D eigenvalue weighted by Crippen LogP contribution is 2.40. The molecule has 0 bridgehead atoms. The zero-order valence-electron chi connectivity index (χ0n) is 11.2. The van der Waals surface area contributed by atoms with E-state index in [4.69, 9.17) is 0 Å². The number of rotatable bonds is 0. The first kappa shape index (κ1) is 11.7. The summed E-state index contributed by atoms with van der Waals surface area (Å²) in [5.74, 6) is 0. The first-order valence-corrected chi connectivity index (χ1v) is 7.07. The standard InChI is InChI=1S/C16H17NS/c1-10-15-11(8-9-17-10)14-12(16(2,3)4)6-5-7-13(14)18-15/h5-9H,1-4H3. The van der Waals surface area contributed by atoms with Crippen LogP contribution in [0.2, 0.25) is 0 Å². The Morgan fingerprint density at radius 3 is 2.61 bits per heavy atom. The van der Waals surface area contributed by atoms with E-state index < -0.39 is 0 Å². The fourth-order valence-electron chi connectivity index (χ4n) is 2.51. The Kier molecular flexibility index (Phi) is 2.46. The van der Waals surface area contributed by atoms with Crippen LogP contribution in [-0.2, 0) is 5.41 Å². The highest BCUT2D eigenvalue weighted by atomic mass is 32.1. The second kappa shape index (κ2) is 3.79. The lowest BCUT2D eigenvalue weighted by Gasteiger charge is -2.20. The van der Waals surface area contributed by atoms with Crippen molar-refractivity contribution in [2.75, 3.05) is 0 Å². The molecule has 2 heteroatoms. The Morgan fingerprint density at radius 2 is 1.89 bits per heavy atom. The Balaban J connectivity index is 2.54. The number of nitrogens with zero attached hydrogens (tertiary/aromatic N) is 1. The molecule has 0 aliphatic heterocycles. The zero-order valence-corrected chi connectivity index (χ0v) is 12.1. The Bertz CT molecular complexity index is 732. The summed E-state index contributed by atoms with van der Waals surface area (Å²) in [5.41, 5.74) is 2.73. The molecule has 18 heavy (non-hydrogen) atoms. The van der Waals surface area contributed by atoms with Crippen molar-refractivity contribution < 1.29 is 0 Å². The van der Waals surface area contributed by atoms with Gasteiger partial charge in [0.2, 0.25) is 0 Å². The molecule has 0 saturated carbocycles. The maximum atomic E-state index is 4.40. The van der Waals surface area contributed by atoms with Crippen molar-refractivity contribution in [3.05, 3.63) is 41.7 Å². The molecule has 2 heterocycles. The van der Waals surface area contributed by atoms with E-state index in [0.29, 0.717) is 0 Å². The number of hydrogen-bond donors (Lipinski definition) is 0. The van der Waals surface area contributed by atoms with Crippen molar-refractivity contribution >= 4 is 31.5 Å². The topological polar surface area (TPSA) is 12.9 Å². The number of aryl methyl sites for hydroxylation is 1. The molecule has 1 nitrogen and oxygen atoms in total. The van der Waals surface area contributed by atoms with Crippen LogP contribution in [-0.4, -0.2) is 4.98 Å². The maximum Gasteiger partial charge on any atom is 0.0568 e. The number of hydrogen-bond acceptors (Lipinski definition) is 2. The first-order chi connectivity index (χ1) is 8.48. The van der Waals surface area contributed by atoms with Gasteiger partial charge in [-0.15, -0.1) is 11.3 Å². The molecule has 0 atom stereocenters. The smallest absolute Gasteiger partial charge is 0.0568 e. The first-order valence-electron chi connectivity index (χ1n) is 6.26. The second-order valence-corrected chi connectivity index (χ2v) is 6.86. The summed E-state index contributed by atoms with van der Waals surface area (Å²) in [5, 5.41) is 2.77. The lowest BCUT2D eigenvalue weighted by atomic mass is 9.84. The molecule has 3 aromatic rings. The normalized spacial score (nSPS) is 12.4. The van der Waals surface area contributed by atoms with E-state index in [1.165, 1.54) is 25.7 Å². The van der Waals surface area contributed by atoms with E-state index >= 15 is 0 Å². The predicted molar refractivity (Wildman–Crippen MR) is 80.6 cm³/mol. The average molecular weight is 255 g/mol. The number of fused-ring (bicyclic) bond motifs is 3. The Morgan fingerprint density at radius 1 is 1.11 bits per heavy atom. The molecule has 0 radical (unpaired) electrons. The number of pyridine rings is 1. The van der Waals surface area contributed by atoms with Gasteiger partial charge in [0.15, 0.2) is 0 Å². The lowest BCUT2D eigenvalue weighted by Crippen LogP contribution is -2.11. The van der Waals surface area contributed by atoms with E-state index in [9.17, 15) is 0 Å². The van der Waals surface area contributed by atoms with E-state index in [1.54, 1.807) is 0 Å². The third kappa shape index (κ3) is 1.64. The van der Waals surface area contributed by atoms with Crippen LogP contribution in [0.25, 0.3) is 20.2 Å². The van der Waals surface area contributed by atoms with Gasteiger partial charge >= 0.3 is 0 Å². The van der Waals surface area contributed by atoms with Crippen LogP contribution in [0.15, 0.2) is 30.5 Å². The minimum absolute atomic E-state index is 0.171. The van der Waals surface area contributed by atoms with Crippen LogP contribution in [0, 0.1) is 6.92 Å². The van der Waals surface area contributed by atoms with Crippen LogP contribution in [0.3, 0.4) is 0 Å². The molecule has 2 aromatic heterocycles. The van der Waals surface area contributed by atoms with Crippen LogP contribution in [0.5, 0.6) is 0 Å².